The zero-order valence-electron chi connectivity index (χ0n) is 7.21. The predicted octanol–water partition coefficient (Wildman–Crippen LogP) is 0.639. The summed E-state index contributed by atoms with van der Waals surface area (Å²) in [6, 6.07) is 0.0131. The number of hydrogen-bond donors (Lipinski definition) is 0. The van der Waals surface area contributed by atoms with Crippen LogP contribution in [0.15, 0.2) is 11.6 Å². The van der Waals surface area contributed by atoms with Crippen LogP contribution in [0.5, 0.6) is 0 Å². The van der Waals surface area contributed by atoms with Gasteiger partial charge < -0.3 is 4.74 Å². The molecule has 68 valence electrons. The molecule has 0 radical (unpaired) electrons. The summed E-state index contributed by atoms with van der Waals surface area (Å²) in [4.78, 5) is 13.2. The maximum absolute atomic E-state index is 11.2. The van der Waals surface area contributed by atoms with Gasteiger partial charge in [-0.2, -0.15) is 0 Å². The second-order valence-electron chi connectivity index (χ2n) is 2.76. The number of ether oxygens (including phenoxy) is 1. The van der Waals surface area contributed by atoms with E-state index in [0.717, 1.165) is 6.54 Å². The van der Waals surface area contributed by atoms with Crippen molar-refractivity contribution in [1.29, 1.82) is 0 Å². The lowest BCUT2D eigenvalue weighted by atomic mass is 10.1. The van der Waals surface area contributed by atoms with Crippen molar-refractivity contribution in [3.05, 3.63) is 11.6 Å². The third-order valence-electron chi connectivity index (χ3n) is 2.06. The van der Waals surface area contributed by atoms with Gasteiger partial charge >= 0.3 is 5.97 Å². The van der Waals surface area contributed by atoms with Crippen molar-refractivity contribution in [3.63, 3.8) is 0 Å². The first kappa shape index (κ1) is 9.55. The molecule has 0 unspecified atom stereocenters. The Kier molecular flexibility index (Phi) is 3.12. The summed E-state index contributed by atoms with van der Waals surface area (Å²) in [5.41, 5.74) is 0.676. The minimum absolute atomic E-state index is 0.0131. The number of esters is 1. The Morgan fingerprint density at radius 3 is 3.08 bits per heavy atom. The van der Waals surface area contributed by atoms with Crippen molar-refractivity contribution in [2.45, 2.75) is 6.04 Å². The van der Waals surface area contributed by atoms with E-state index in [0.29, 0.717) is 11.5 Å². The largest absolute Gasteiger partial charge is 0.466 e. The molecule has 3 nitrogen and oxygen atoms in total. The lowest BCUT2D eigenvalue weighted by molar-refractivity contribution is -0.136. The molecular weight excluding hydrogens is 178 g/mol. The molecule has 1 heterocycles. The zero-order valence-corrected chi connectivity index (χ0v) is 7.97. The summed E-state index contributed by atoms with van der Waals surface area (Å²) >= 11 is 5.71. The quantitative estimate of drug-likeness (QED) is 0.472. The van der Waals surface area contributed by atoms with Crippen LogP contribution in [-0.2, 0) is 9.53 Å². The van der Waals surface area contributed by atoms with Gasteiger partial charge in [-0.15, -0.1) is 11.6 Å². The van der Waals surface area contributed by atoms with Crippen LogP contribution in [0.3, 0.4) is 0 Å². The van der Waals surface area contributed by atoms with Crippen molar-refractivity contribution >= 4 is 17.6 Å². The molecule has 1 aliphatic rings. The summed E-state index contributed by atoms with van der Waals surface area (Å²) < 4.78 is 4.62. The Bertz CT molecular complexity index is 215. The fraction of sp³-hybridized carbons (Fsp3) is 0.625. The number of rotatable bonds is 2. The van der Waals surface area contributed by atoms with Gasteiger partial charge in [-0.05, 0) is 7.05 Å². The van der Waals surface area contributed by atoms with E-state index in [1.54, 1.807) is 0 Å². The summed E-state index contributed by atoms with van der Waals surface area (Å²) in [6.45, 7) is 0.766. The monoisotopic (exact) mass is 189 g/mol. The van der Waals surface area contributed by atoms with Gasteiger partial charge in [0.1, 0.15) is 0 Å². The summed E-state index contributed by atoms with van der Waals surface area (Å²) in [5.74, 6) is 0.155. The molecule has 0 saturated carbocycles. The average molecular weight is 190 g/mol. The fourth-order valence-electron chi connectivity index (χ4n) is 1.28. The van der Waals surface area contributed by atoms with Crippen LogP contribution < -0.4 is 0 Å². The number of nitrogens with zero attached hydrogens (tertiary/aromatic N) is 1. The van der Waals surface area contributed by atoms with E-state index in [9.17, 15) is 4.79 Å². The van der Waals surface area contributed by atoms with Gasteiger partial charge in [0.25, 0.3) is 0 Å². The first-order valence-electron chi connectivity index (χ1n) is 3.75. The number of methoxy groups -OCH3 is 1. The van der Waals surface area contributed by atoms with Gasteiger partial charge in [0, 0.05) is 12.4 Å². The Hall–Kier alpha value is -0.540. The van der Waals surface area contributed by atoms with E-state index >= 15 is 0 Å². The highest BCUT2D eigenvalue weighted by molar-refractivity contribution is 6.19. The molecule has 0 fully saturated rings. The van der Waals surface area contributed by atoms with Gasteiger partial charge in [-0.1, -0.05) is 6.08 Å². The lowest BCUT2D eigenvalue weighted by Crippen LogP contribution is -2.32. The van der Waals surface area contributed by atoms with E-state index in [1.165, 1.54) is 7.11 Å². The number of carbonyl (C=O) groups is 1. The van der Waals surface area contributed by atoms with Gasteiger partial charge in [-0.25, -0.2) is 4.79 Å². The van der Waals surface area contributed by atoms with Gasteiger partial charge in [0.15, 0.2) is 0 Å². The SMILES string of the molecule is COC(=O)C1=CCN(C)[C@@H]1CCl. The number of alkyl halides is 1. The molecule has 0 aliphatic carbocycles. The van der Waals surface area contributed by atoms with Gasteiger partial charge in [-0.3, -0.25) is 4.90 Å². The molecule has 1 aliphatic heterocycles. The lowest BCUT2D eigenvalue weighted by Gasteiger charge is -2.18. The molecule has 4 heteroatoms. The topological polar surface area (TPSA) is 29.5 Å². The fourth-order valence-corrected chi connectivity index (χ4v) is 1.68. The first-order chi connectivity index (χ1) is 5.70. The second-order valence-corrected chi connectivity index (χ2v) is 3.07. The smallest absolute Gasteiger partial charge is 0.335 e. The van der Waals surface area contributed by atoms with Crippen LogP contribution in [0.1, 0.15) is 0 Å². The molecule has 0 saturated heterocycles. The maximum atomic E-state index is 11.2. The molecule has 1 rings (SSSR count). The number of carbonyl (C=O) groups excluding carboxylic acids is 1. The van der Waals surface area contributed by atoms with Crippen molar-refractivity contribution in [1.82, 2.24) is 4.90 Å². The first-order valence-corrected chi connectivity index (χ1v) is 4.28. The number of likely N-dealkylation sites (N-methyl/N-ethyl adjacent to an activating group) is 1. The van der Waals surface area contributed by atoms with Crippen molar-refractivity contribution < 1.29 is 9.53 Å². The average Bonchev–Trinajstić information content (AvgIpc) is 2.45. The van der Waals surface area contributed by atoms with Crippen LogP contribution in [0.25, 0.3) is 0 Å². The van der Waals surface area contributed by atoms with E-state index in [2.05, 4.69) is 4.74 Å². The van der Waals surface area contributed by atoms with E-state index in [4.69, 9.17) is 11.6 Å². The minimum atomic E-state index is -0.273. The third kappa shape index (κ3) is 1.62. The number of hydrogen-bond acceptors (Lipinski definition) is 3. The molecule has 0 spiro atoms. The van der Waals surface area contributed by atoms with Crippen LogP contribution in [-0.4, -0.2) is 43.5 Å². The van der Waals surface area contributed by atoms with E-state index in [-0.39, 0.29) is 12.0 Å². The summed E-state index contributed by atoms with van der Waals surface area (Å²) in [5, 5.41) is 0. The summed E-state index contributed by atoms with van der Waals surface area (Å²) in [6.07, 6.45) is 1.86. The highest BCUT2D eigenvalue weighted by atomic mass is 35.5. The van der Waals surface area contributed by atoms with Crippen LogP contribution in [0, 0.1) is 0 Å². The van der Waals surface area contributed by atoms with E-state index in [1.807, 2.05) is 18.0 Å². The summed E-state index contributed by atoms with van der Waals surface area (Å²) in [7, 11) is 3.31. The number of halogens is 1. The highest BCUT2D eigenvalue weighted by Gasteiger charge is 2.28. The van der Waals surface area contributed by atoms with Crippen molar-refractivity contribution in [3.8, 4) is 0 Å². The third-order valence-corrected chi connectivity index (χ3v) is 2.35. The van der Waals surface area contributed by atoms with E-state index < -0.39 is 0 Å². The van der Waals surface area contributed by atoms with Crippen LogP contribution >= 0.6 is 11.6 Å². The normalized spacial score (nSPS) is 23.9. The van der Waals surface area contributed by atoms with Gasteiger partial charge in [0.05, 0.1) is 18.7 Å². The van der Waals surface area contributed by atoms with Crippen LogP contribution in [0.4, 0.5) is 0 Å². The second kappa shape index (κ2) is 3.92. The molecule has 0 bridgehead atoms. The van der Waals surface area contributed by atoms with Crippen LogP contribution in [0.2, 0.25) is 0 Å². The molecule has 0 aromatic rings. The molecule has 0 aromatic heterocycles. The Balaban J connectivity index is 2.71. The Labute approximate surface area is 76.9 Å². The molecule has 0 aromatic carbocycles. The Morgan fingerprint density at radius 2 is 2.58 bits per heavy atom. The standard InChI is InChI=1S/C8H12ClNO2/c1-10-4-3-6(7(10)5-9)8(11)12-2/h3,7H,4-5H2,1-2H3/t7-/m1/s1. The maximum Gasteiger partial charge on any atom is 0.335 e. The molecule has 0 N–H and O–H groups in total. The highest BCUT2D eigenvalue weighted by Crippen LogP contribution is 2.18. The van der Waals surface area contributed by atoms with Crippen molar-refractivity contribution in [2.24, 2.45) is 0 Å². The Morgan fingerprint density at radius 1 is 1.92 bits per heavy atom. The minimum Gasteiger partial charge on any atom is -0.466 e. The van der Waals surface area contributed by atoms with Gasteiger partial charge in [0.2, 0.25) is 0 Å². The molecule has 0 amide bonds. The van der Waals surface area contributed by atoms with Crippen molar-refractivity contribution in [2.75, 3.05) is 26.6 Å². The predicted molar refractivity (Wildman–Crippen MR) is 47.2 cm³/mol. The zero-order chi connectivity index (χ0) is 9.14. The molecule has 1 atom stereocenters. The molecule has 12 heavy (non-hydrogen) atoms. The molecular formula is C8H12ClNO2.